The lowest BCUT2D eigenvalue weighted by Crippen LogP contribution is -2.48. The van der Waals surface area contributed by atoms with Crippen LogP contribution in [0.5, 0.6) is 0 Å². The third kappa shape index (κ3) is 3.97. The predicted molar refractivity (Wildman–Crippen MR) is 114 cm³/mol. The Morgan fingerprint density at radius 1 is 1.27 bits per heavy atom. The Hall–Kier alpha value is -2.71. The summed E-state index contributed by atoms with van der Waals surface area (Å²) in [6.07, 6.45) is -1.05. The first-order chi connectivity index (χ1) is 14.1. The van der Waals surface area contributed by atoms with Gasteiger partial charge in [-0.3, -0.25) is 14.5 Å². The van der Waals surface area contributed by atoms with Crippen LogP contribution in [0.25, 0.3) is 0 Å². The van der Waals surface area contributed by atoms with Crippen molar-refractivity contribution in [1.82, 2.24) is 19.8 Å². The number of hydrogen-bond acceptors (Lipinski definition) is 5. The number of carbonyl (C=O) groups is 2. The van der Waals surface area contributed by atoms with E-state index in [2.05, 4.69) is 15.2 Å². The van der Waals surface area contributed by atoms with Crippen LogP contribution in [0.2, 0.25) is 0 Å². The second-order valence-corrected chi connectivity index (χ2v) is 9.03. The number of aliphatic hydroxyl groups excluding tert-OH is 1. The van der Waals surface area contributed by atoms with Crippen molar-refractivity contribution in [1.29, 1.82) is 0 Å². The summed E-state index contributed by atoms with van der Waals surface area (Å²) in [5.41, 5.74) is 6.69. The first kappa shape index (κ1) is 22.0. The maximum Gasteiger partial charge on any atom is 0.269 e. The highest BCUT2D eigenvalue weighted by Gasteiger charge is 2.44. The molecule has 4 N–H and O–H groups in total. The highest BCUT2D eigenvalue weighted by atomic mass is 16.3. The fourth-order valence-electron chi connectivity index (χ4n) is 4.46. The van der Waals surface area contributed by atoms with E-state index in [1.807, 2.05) is 50.6 Å². The van der Waals surface area contributed by atoms with Crippen LogP contribution in [0.1, 0.15) is 60.5 Å². The second-order valence-electron chi connectivity index (χ2n) is 9.03. The van der Waals surface area contributed by atoms with Gasteiger partial charge in [-0.2, -0.15) is 0 Å². The standard InChI is InChI=1S/C22H31N5O3/c1-22(2,3)16(21(30)24-4)14-11-26(5)12-15-17(19(23)29)25-20(27(14)15)18(28)13-9-7-6-8-10-13/h6-10,14,16,18,28H,11-12H2,1-5H3,(H2,23,29)(H,24,30)/t14?,16-,18?/m0/s1. The largest absolute Gasteiger partial charge is 0.380 e. The molecule has 0 radical (unpaired) electrons. The molecule has 8 nitrogen and oxygen atoms in total. The van der Waals surface area contributed by atoms with Crippen molar-refractivity contribution >= 4 is 11.8 Å². The summed E-state index contributed by atoms with van der Waals surface area (Å²) in [7, 11) is 3.56. The highest BCUT2D eigenvalue weighted by Crippen LogP contribution is 2.41. The van der Waals surface area contributed by atoms with Crippen molar-refractivity contribution in [2.24, 2.45) is 17.1 Å². The van der Waals surface area contributed by atoms with Crippen molar-refractivity contribution in [3.63, 3.8) is 0 Å². The maximum atomic E-state index is 12.9. The van der Waals surface area contributed by atoms with Crippen LogP contribution in [-0.2, 0) is 11.3 Å². The van der Waals surface area contributed by atoms with Gasteiger partial charge in [0.15, 0.2) is 5.69 Å². The number of likely N-dealkylation sites (N-methyl/N-ethyl adjacent to an activating group) is 1. The molecule has 1 aliphatic rings. The monoisotopic (exact) mass is 413 g/mol. The number of aromatic nitrogens is 2. The Bertz CT molecular complexity index is 932. The van der Waals surface area contributed by atoms with Crippen LogP contribution < -0.4 is 11.1 Å². The second kappa shape index (κ2) is 8.20. The van der Waals surface area contributed by atoms with Gasteiger partial charge in [0.2, 0.25) is 5.91 Å². The lowest BCUT2D eigenvalue weighted by molar-refractivity contribution is -0.130. The molecule has 0 bridgehead atoms. The smallest absolute Gasteiger partial charge is 0.269 e. The topological polar surface area (TPSA) is 113 Å². The first-order valence-electron chi connectivity index (χ1n) is 10.1. The molecule has 2 heterocycles. The van der Waals surface area contributed by atoms with Crippen LogP contribution in [0, 0.1) is 11.3 Å². The van der Waals surface area contributed by atoms with E-state index in [0.29, 0.717) is 30.2 Å². The van der Waals surface area contributed by atoms with E-state index in [9.17, 15) is 14.7 Å². The maximum absolute atomic E-state index is 12.9. The zero-order valence-electron chi connectivity index (χ0n) is 18.2. The Balaban J connectivity index is 2.24. The third-order valence-electron chi connectivity index (χ3n) is 5.73. The predicted octanol–water partition coefficient (Wildman–Crippen LogP) is 1.46. The average molecular weight is 414 g/mol. The Kier molecular flexibility index (Phi) is 6.01. The zero-order chi connectivity index (χ0) is 22.2. The number of carbonyl (C=O) groups excluding carboxylic acids is 2. The summed E-state index contributed by atoms with van der Waals surface area (Å²) in [5, 5.41) is 13.9. The number of nitrogens with two attached hydrogens (primary N) is 1. The molecule has 0 saturated heterocycles. The molecule has 3 atom stereocenters. The van der Waals surface area contributed by atoms with Crippen molar-refractivity contribution in [3.8, 4) is 0 Å². The van der Waals surface area contributed by atoms with Crippen LogP contribution in [0.3, 0.4) is 0 Å². The number of nitrogens with one attached hydrogen (secondary N) is 1. The number of benzene rings is 1. The molecule has 0 aliphatic carbocycles. The summed E-state index contributed by atoms with van der Waals surface area (Å²) in [6.45, 7) is 7.07. The molecule has 2 amide bonds. The summed E-state index contributed by atoms with van der Waals surface area (Å²) < 4.78 is 1.88. The molecule has 162 valence electrons. The van der Waals surface area contributed by atoms with Crippen LogP contribution in [0.15, 0.2) is 30.3 Å². The van der Waals surface area contributed by atoms with Crippen LogP contribution in [0.4, 0.5) is 0 Å². The quantitative estimate of drug-likeness (QED) is 0.687. The fourth-order valence-corrected chi connectivity index (χ4v) is 4.46. The fraction of sp³-hybridized carbons (Fsp3) is 0.500. The van der Waals surface area contributed by atoms with E-state index in [0.717, 1.165) is 0 Å². The van der Waals surface area contributed by atoms with Gasteiger partial charge in [-0.1, -0.05) is 51.1 Å². The number of imidazole rings is 1. The number of nitrogens with zero attached hydrogens (tertiary/aromatic N) is 3. The lowest BCUT2D eigenvalue weighted by Gasteiger charge is -2.42. The number of fused-ring (bicyclic) bond motifs is 1. The minimum absolute atomic E-state index is 0.0942. The van der Waals surface area contributed by atoms with Gasteiger partial charge >= 0.3 is 0 Å². The van der Waals surface area contributed by atoms with Crippen molar-refractivity contribution in [3.05, 3.63) is 53.1 Å². The molecule has 1 aromatic carbocycles. The number of aliphatic hydroxyl groups is 1. The molecule has 0 spiro atoms. The highest BCUT2D eigenvalue weighted by molar-refractivity contribution is 5.92. The molecular formula is C22H31N5O3. The van der Waals surface area contributed by atoms with E-state index in [4.69, 9.17) is 5.73 Å². The molecule has 2 aromatic rings. The molecule has 1 aromatic heterocycles. The molecule has 0 saturated carbocycles. The normalized spacial score (nSPS) is 19.1. The van der Waals surface area contributed by atoms with Crippen molar-refractivity contribution in [2.75, 3.05) is 20.6 Å². The van der Waals surface area contributed by atoms with Gasteiger partial charge in [-0.15, -0.1) is 0 Å². The van der Waals surface area contributed by atoms with E-state index in [1.165, 1.54) is 0 Å². The number of hydrogen-bond donors (Lipinski definition) is 3. The Morgan fingerprint density at radius 2 is 1.90 bits per heavy atom. The zero-order valence-corrected chi connectivity index (χ0v) is 18.2. The van der Waals surface area contributed by atoms with Gasteiger partial charge in [0.05, 0.1) is 17.7 Å². The molecule has 0 fully saturated rings. The van der Waals surface area contributed by atoms with Gasteiger partial charge < -0.3 is 20.7 Å². The first-order valence-corrected chi connectivity index (χ1v) is 10.1. The number of amides is 2. The summed E-state index contributed by atoms with van der Waals surface area (Å²) in [6, 6.07) is 8.82. The molecule has 30 heavy (non-hydrogen) atoms. The van der Waals surface area contributed by atoms with E-state index >= 15 is 0 Å². The van der Waals surface area contributed by atoms with Crippen LogP contribution in [-0.4, -0.2) is 52.0 Å². The molecule has 2 unspecified atom stereocenters. The molecule has 3 rings (SSSR count). The van der Waals surface area contributed by atoms with Gasteiger partial charge in [-0.05, 0) is 18.0 Å². The summed E-state index contributed by atoms with van der Waals surface area (Å²) in [5.74, 6) is -0.823. The third-order valence-corrected chi connectivity index (χ3v) is 5.73. The summed E-state index contributed by atoms with van der Waals surface area (Å²) in [4.78, 5) is 31.7. The SMILES string of the molecule is CNC(=O)[C@H](C1CN(C)Cc2c(C(N)=O)nc(C(O)c3ccccc3)n21)C(C)(C)C. The van der Waals surface area contributed by atoms with E-state index in [-0.39, 0.29) is 23.1 Å². The van der Waals surface area contributed by atoms with Gasteiger partial charge in [0.1, 0.15) is 11.9 Å². The van der Waals surface area contributed by atoms with E-state index < -0.39 is 17.9 Å². The minimum Gasteiger partial charge on any atom is -0.380 e. The lowest BCUT2D eigenvalue weighted by atomic mass is 9.74. The number of primary amides is 1. The molecule has 8 heteroatoms. The Labute approximate surface area is 177 Å². The Morgan fingerprint density at radius 3 is 2.43 bits per heavy atom. The van der Waals surface area contributed by atoms with E-state index in [1.54, 1.807) is 19.2 Å². The van der Waals surface area contributed by atoms with Crippen LogP contribution >= 0.6 is 0 Å². The van der Waals surface area contributed by atoms with Crippen molar-refractivity contribution in [2.45, 2.75) is 39.5 Å². The van der Waals surface area contributed by atoms with Gasteiger partial charge in [-0.25, -0.2) is 4.98 Å². The van der Waals surface area contributed by atoms with Gasteiger partial charge in [0.25, 0.3) is 5.91 Å². The molecule has 1 aliphatic heterocycles. The van der Waals surface area contributed by atoms with Gasteiger partial charge in [0, 0.05) is 20.1 Å². The number of rotatable bonds is 5. The molecular weight excluding hydrogens is 382 g/mol. The average Bonchev–Trinajstić information content (AvgIpc) is 3.06. The minimum atomic E-state index is -1.05. The summed E-state index contributed by atoms with van der Waals surface area (Å²) >= 11 is 0. The van der Waals surface area contributed by atoms with Crippen molar-refractivity contribution < 1.29 is 14.7 Å².